The molecule has 0 unspecified atom stereocenters. The fourth-order valence-electron chi connectivity index (χ4n) is 5.55. The number of aromatic hydroxyl groups is 2. The highest BCUT2D eigenvalue weighted by Gasteiger charge is 2.29. The minimum absolute atomic E-state index is 0.107. The zero-order valence-electron chi connectivity index (χ0n) is 23.6. The molecule has 6 rings (SSSR count). The number of aromatic nitrogens is 4. The van der Waals surface area contributed by atoms with Crippen molar-refractivity contribution in [3.8, 4) is 11.5 Å². The first-order valence-electron chi connectivity index (χ1n) is 14.4. The first-order valence-corrected chi connectivity index (χ1v) is 14.4. The van der Waals surface area contributed by atoms with Gasteiger partial charge in [-0.15, -0.1) is 0 Å². The molecule has 8 heteroatoms. The Bertz CT molecular complexity index is 1770. The Labute approximate surface area is 238 Å². The van der Waals surface area contributed by atoms with Crippen LogP contribution in [0.2, 0.25) is 0 Å². The Morgan fingerprint density at radius 1 is 0.585 bits per heavy atom. The van der Waals surface area contributed by atoms with Crippen molar-refractivity contribution in [3.63, 3.8) is 0 Å². The molecular weight excluding hydrogens is 512 g/mol. The van der Waals surface area contributed by atoms with Crippen molar-refractivity contribution >= 4 is 55.5 Å². The summed E-state index contributed by atoms with van der Waals surface area (Å²) in [6.45, 7) is 7.59. The molecule has 0 atom stereocenters. The van der Waals surface area contributed by atoms with Gasteiger partial charge in [-0.05, 0) is 55.7 Å². The van der Waals surface area contributed by atoms with Gasteiger partial charge in [0.2, 0.25) is 0 Å². The fraction of sp³-hybridized carbons (Fsp3) is 0.273. The largest absolute Gasteiger partial charge is 0.505 e. The van der Waals surface area contributed by atoms with Gasteiger partial charge in [0.15, 0.2) is 0 Å². The normalized spacial score (nSPS) is 11.7. The third-order valence-electron chi connectivity index (χ3n) is 7.52. The molecule has 6 aromatic rings. The highest BCUT2D eigenvalue weighted by Crippen LogP contribution is 2.48. The molecule has 4 aromatic carbocycles. The molecule has 0 aliphatic carbocycles. The van der Waals surface area contributed by atoms with Gasteiger partial charge in [-0.25, -0.2) is 19.9 Å². The average molecular weight is 547 g/mol. The molecule has 0 spiro atoms. The Morgan fingerprint density at radius 2 is 0.976 bits per heavy atom. The summed E-state index contributed by atoms with van der Waals surface area (Å²) >= 11 is 0. The number of hydrogen-bond donors (Lipinski definition) is 4. The maximum absolute atomic E-state index is 11.8. The number of phenols is 2. The van der Waals surface area contributed by atoms with E-state index in [-0.39, 0.29) is 11.5 Å². The van der Waals surface area contributed by atoms with Crippen molar-refractivity contribution < 1.29 is 10.2 Å². The van der Waals surface area contributed by atoms with E-state index in [1.807, 2.05) is 67.6 Å². The second-order valence-corrected chi connectivity index (χ2v) is 10.3. The number of nitrogens with zero attached hydrogens (tertiary/aromatic N) is 4. The molecule has 0 amide bonds. The molecule has 2 heterocycles. The van der Waals surface area contributed by atoms with Crippen LogP contribution in [0.5, 0.6) is 11.5 Å². The molecule has 8 nitrogen and oxygen atoms in total. The summed E-state index contributed by atoms with van der Waals surface area (Å²) in [7, 11) is 0. The zero-order chi connectivity index (χ0) is 28.5. The van der Waals surface area contributed by atoms with Crippen LogP contribution in [0.25, 0.3) is 44.1 Å². The number of benzene rings is 4. The summed E-state index contributed by atoms with van der Waals surface area (Å²) in [6, 6.07) is 19.2. The third-order valence-corrected chi connectivity index (χ3v) is 7.52. The Morgan fingerprint density at radius 3 is 1.34 bits per heavy atom. The Balaban J connectivity index is 1.70. The second-order valence-electron chi connectivity index (χ2n) is 10.3. The average Bonchev–Trinajstić information content (AvgIpc) is 2.99. The maximum atomic E-state index is 11.8. The van der Waals surface area contributed by atoms with E-state index < -0.39 is 5.92 Å². The minimum atomic E-state index is -0.447. The topological polar surface area (TPSA) is 116 Å². The van der Waals surface area contributed by atoms with E-state index >= 15 is 0 Å². The van der Waals surface area contributed by atoms with E-state index in [9.17, 15) is 10.2 Å². The fourth-order valence-corrected chi connectivity index (χ4v) is 5.55. The molecule has 0 bridgehead atoms. The monoisotopic (exact) mass is 546 g/mol. The van der Waals surface area contributed by atoms with Crippen LogP contribution in [0.3, 0.4) is 0 Å². The third kappa shape index (κ3) is 4.69. The van der Waals surface area contributed by atoms with Gasteiger partial charge in [0.05, 0.1) is 55.5 Å². The van der Waals surface area contributed by atoms with Crippen molar-refractivity contribution in [2.45, 2.75) is 46.0 Å². The lowest BCUT2D eigenvalue weighted by Crippen LogP contribution is -2.10. The lowest BCUT2D eigenvalue weighted by atomic mass is 9.85. The summed E-state index contributed by atoms with van der Waals surface area (Å²) in [5, 5.41) is 30.4. The molecule has 0 aliphatic rings. The molecule has 0 saturated carbocycles. The number of hydrogen-bond acceptors (Lipinski definition) is 8. The highest BCUT2D eigenvalue weighted by molar-refractivity contribution is 5.97. The standard InChI is InChI=1S/C33H34N6O2/c1-4-15-34-26-17-24-30(38-22-13-9-7-11-20(22)36-24)28(32(26)40)19(6-3)29-31-25(18-27(33(29)41)35-16-5-2)37-21-12-8-10-14-23(21)39-31/h7-14,17-19,34-35,40-41H,4-6,15-16H2,1-3H3. The smallest absolute Gasteiger partial charge is 0.144 e. The Hall–Kier alpha value is -4.72. The number of nitrogens with one attached hydrogen (secondary N) is 2. The van der Waals surface area contributed by atoms with E-state index in [0.717, 1.165) is 34.9 Å². The van der Waals surface area contributed by atoms with Gasteiger partial charge in [0.1, 0.15) is 11.5 Å². The van der Waals surface area contributed by atoms with Crippen LogP contribution in [-0.2, 0) is 0 Å². The number of para-hydroxylation sites is 4. The van der Waals surface area contributed by atoms with Gasteiger partial charge in [0.25, 0.3) is 0 Å². The molecule has 0 aliphatic heterocycles. The van der Waals surface area contributed by atoms with E-state index in [1.165, 1.54) is 0 Å². The molecule has 0 saturated heterocycles. The van der Waals surface area contributed by atoms with Crippen LogP contribution in [0.4, 0.5) is 11.4 Å². The quantitative estimate of drug-likeness (QED) is 0.109. The predicted molar refractivity (Wildman–Crippen MR) is 167 cm³/mol. The number of phenolic OH excluding ortho intramolecular Hbond substituents is 2. The van der Waals surface area contributed by atoms with Gasteiger partial charge in [-0.1, -0.05) is 45.0 Å². The van der Waals surface area contributed by atoms with Crippen LogP contribution in [-0.4, -0.2) is 43.2 Å². The van der Waals surface area contributed by atoms with Crippen molar-refractivity contribution in [1.82, 2.24) is 19.9 Å². The highest BCUT2D eigenvalue weighted by atomic mass is 16.3. The predicted octanol–water partition coefficient (Wildman–Crippen LogP) is 7.48. The van der Waals surface area contributed by atoms with Gasteiger partial charge in [0, 0.05) is 30.1 Å². The summed E-state index contributed by atoms with van der Waals surface area (Å²) < 4.78 is 0. The van der Waals surface area contributed by atoms with E-state index in [2.05, 4.69) is 24.5 Å². The number of rotatable bonds is 9. The van der Waals surface area contributed by atoms with E-state index in [4.69, 9.17) is 19.9 Å². The number of fused-ring (bicyclic) bond motifs is 4. The molecule has 0 fully saturated rings. The summed E-state index contributed by atoms with van der Waals surface area (Å²) in [5.41, 5.74) is 8.00. The van der Waals surface area contributed by atoms with Gasteiger partial charge in [-0.3, -0.25) is 0 Å². The maximum Gasteiger partial charge on any atom is 0.144 e. The van der Waals surface area contributed by atoms with Crippen LogP contribution in [0.1, 0.15) is 57.1 Å². The van der Waals surface area contributed by atoms with E-state index in [0.29, 0.717) is 64.1 Å². The summed E-state index contributed by atoms with van der Waals surface area (Å²) in [6.07, 6.45) is 2.36. The van der Waals surface area contributed by atoms with Crippen LogP contribution < -0.4 is 10.6 Å². The molecule has 208 valence electrons. The minimum Gasteiger partial charge on any atom is -0.505 e. The molecule has 41 heavy (non-hydrogen) atoms. The lowest BCUT2D eigenvalue weighted by Gasteiger charge is -2.24. The first-order chi connectivity index (χ1) is 20.0. The van der Waals surface area contributed by atoms with Gasteiger partial charge < -0.3 is 20.8 Å². The van der Waals surface area contributed by atoms with E-state index in [1.54, 1.807) is 0 Å². The lowest BCUT2D eigenvalue weighted by molar-refractivity contribution is 0.456. The first kappa shape index (κ1) is 26.5. The van der Waals surface area contributed by atoms with Crippen LogP contribution >= 0.6 is 0 Å². The van der Waals surface area contributed by atoms with Crippen molar-refractivity contribution in [2.24, 2.45) is 0 Å². The summed E-state index contributed by atoms with van der Waals surface area (Å²) in [5.74, 6) is -0.233. The second kappa shape index (κ2) is 11.0. The SMILES string of the molecule is CCCNc1cc2nc3ccccc3nc2c(C(CC)c2c(O)c(NCCC)cc3nc4ccccc4nc23)c1O. The molecule has 4 N–H and O–H groups in total. The van der Waals surface area contributed by atoms with Crippen molar-refractivity contribution in [3.05, 3.63) is 71.8 Å². The van der Waals surface area contributed by atoms with Gasteiger partial charge in [-0.2, -0.15) is 0 Å². The number of anilines is 2. The Kier molecular flexibility index (Phi) is 7.14. The van der Waals surface area contributed by atoms with Crippen LogP contribution in [0.15, 0.2) is 60.7 Å². The van der Waals surface area contributed by atoms with Crippen LogP contribution in [0, 0.1) is 0 Å². The summed E-state index contributed by atoms with van der Waals surface area (Å²) in [4.78, 5) is 19.9. The molecule has 2 aromatic heterocycles. The zero-order valence-corrected chi connectivity index (χ0v) is 23.6. The molecule has 0 radical (unpaired) electrons. The van der Waals surface area contributed by atoms with Gasteiger partial charge >= 0.3 is 0 Å². The van der Waals surface area contributed by atoms with Crippen molar-refractivity contribution in [2.75, 3.05) is 23.7 Å². The van der Waals surface area contributed by atoms with Crippen molar-refractivity contribution in [1.29, 1.82) is 0 Å². The molecular formula is C33H34N6O2.